The molecule has 76 valence electrons. The first kappa shape index (κ1) is 10.4. The van der Waals surface area contributed by atoms with E-state index in [2.05, 4.69) is 4.84 Å². The number of rotatable bonds is 3. The Balaban J connectivity index is 2.59. The largest absolute Gasteiger partial charge is 0.343 e. The molecule has 1 fully saturated rings. The fourth-order valence-electron chi connectivity index (χ4n) is 0.887. The number of aldehydes is 1. The highest BCUT2D eigenvalue weighted by Crippen LogP contribution is 2.13. The normalized spacial score (nSPS) is 18.2. The summed E-state index contributed by atoms with van der Waals surface area (Å²) in [6.07, 6.45) is 0.469. The number of amides is 2. The van der Waals surface area contributed by atoms with E-state index < -0.39 is 23.7 Å². The minimum Gasteiger partial charge on any atom is -0.330 e. The molecule has 0 aromatic carbocycles. The van der Waals surface area contributed by atoms with E-state index in [0.29, 0.717) is 11.3 Å². The van der Waals surface area contributed by atoms with E-state index in [0.717, 1.165) is 0 Å². The lowest BCUT2D eigenvalue weighted by molar-refractivity contribution is -0.199. The van der Waals surface area contributed by atoms with Gasteiger partial charge in [-0.2, -0.15) is 0 Å². The van der Waals surface area contributed by atoms with Gasteiger partial charge in [0.2, 0.25) is 0 Å². The van der Waals surface area contributed by atoms with Crippen LogP contribution in [0.25, 0.3) is 0 Å². The van der Waals surface area contributed by atoms with Crippen LogP contribution in [-0.4, -0.2) is 29.1 Å². The molecule has 6 heteroatoms. The molecule has 0 spiro atoms. The van der Waals surface area contributed by atoms with Gasteiger partial charge in [-0.3, -0.25) is 9.59 Å². The van der Waals surface area contributed by atoms with Crippen molar-refractivity contribution in [1.29, 1.82) is 0 Å². The summed E-state index contributed by atoms with van der Waals surface area (Å²) in [6, 6.07) is 0. The Bertz CT molecular complexity index is 282. The van der Waals surface area contributed by atoms with E-state index >= 15 is 0 Å². The van der Waals surface area contributed by atoms with E-state index in [4.69, 9.17) is 0 Å². The fraction of sp³-hybridized carbons (Fsp3) is 0.500. The van der Waals surface area contributed by atoms with Crippen LogP contribution in [0.2, 0.25) is 0 Å². The lowest BCUT2D eigenvalue weighted by Gasteiger charge is -2.13. The van der Waals surface area contributed by atoms with Crippen LogP contribution >= 0.6 is 0 Å². The van der Waals surface area contributed by atoms with Crippen LogP contribution in [0.15, 0.2) is 0 Å². The summed E-state index contributed by atoms with van der Waals surface area (Å²) in [6.45, 7) is 1.32. The number of carbonyl (C=O) groups is 4. The summed E-state index contributed by atoms with van der Waals surface area (Å²) in [7, 11) is 0. The van der Waals surface area contributed by atoms with Gasteiger partial charge in [0.15, 0.2) is 0 Å². The van der Waals surface area contributed by atoms with Crippen LogP contribution in [-0.2, 0) is 24.0 Å². The van der Waals surface area contributed by atoms with Crippen molar-refractivity contribution >= 4 is 24.1 Å². The maximum absolute atomic E-state index is 11.0. The first-order valence-electron chi connectivity index (χ1n) is 4.09. The molecular weight excluding hydrogens is 190 g/mol. The summed E-state index contributed by atoms with van der Waals surface area (Å²) in [5.41, 5.74) is 0. The van der Waals surface area contributed by atoms with Gasteiger partial charge in [0.25, 0.3) is 11.8 Å². The molecule has 0 saturated carbocycles. The number of imide groups is 1. The molecule has 1 aliphatic heterocycles. The number of hydroxylamine groups is 2. The third-order valence-corrected chi connectivity index (χ3v) is 1.76. The third kappa shape index (κ3) is 1.95. The molecule has 0 radical (unpaired) electrons. The molecule has 0 bridgehead atoms. The fourth-order valence-corrected chi connectivity index (χ4v) is 0.887. The van der Waals surface area contributed by atoms with Crippen LogP contribution in [0, 0.1) is 5.92 Å². The molecule has 0 N–H and O–H groups in total. The molecule has 6 nitrogen and oxygen atoms in total. The minimum atomic E-state index is -0.976. The average Bonchev–Trinajstić information content (AvgIpc) is 2.48. The molecule has 14 heavy (non-hydrogen) atoms. The predicted molar refractivity (Wildman–Crippen MR) is 42.4 cm³/mol. The third-order valence-electron chi connectivity index (χ3n) is 1.76. The highest BCUT2D eigenvalue weighted by atomic mass is 16.7. The Morgan fingerprint density at radius 3 is 2.36 bits per heavy atom. The summed E-state index contributed by atoms with van der Waals surface area (Å²) in [5, 5.41) is 0.419. The Labute approximate surface area is 79.8 Å². The van der Waals surface area contributed by atoms with Crippen molar-refractivity contribution in [3.8, 4) is 0 Å². The number of hydrogen-bond donors (Lipinski definition) is 0. The molecule has 1 aliphatic rings. The predicted octanol–water partition coefficient (Wildman–Crippen LogP) is -0.571. The molecule has 0 aliphatic carbocycles. The standard InChI is InChI=1S/C8H9NO5/c1-5(4-10)8(13)14-9-6(11)2-3-7(9)12/h4-5H,2-3H2,1H3. The lowest BCUT2D eigenvalue weighted by atomic mass is 10.2. The van der Waals surface area contributed by atoms with E-state index in [1.54, 1.807) is 0 Å². The first-order chi connectivity index (χ1) is 6.56. The first-order valence-corrected chi connectivity index (χ1v) is 4.09. The van der Waals surface area contributed by atoms with Gasteiger partial charge in [0.1, 0.15) is 12.2 Å². The second-order valence-corrected chi connectivity index (χ2v) is 2.92. The Kier molecular flexibility index (Phi) is 2.95. The van der Waals surface area contributed by atoms with Gasteiger partial charge in [0.05, 0.1) is 0 Å². The van der Waals surface area contributed by atoms with E-state index in [1.165, 1.54) is 6.92 Å². The zero-order valence-electron chi connectivity index (χ0n) is 7.56. The molecule has 1 saturated heterocycles. The summed E-state index contributed by atoms with van der Waals surface area (Å²) >= 11 is 0. The van der Waals surface area contributed by atoms with Crippen molar-refractivity contribution < 1.29 is 24.0 Å². The maximum atomic E-state index is 11.0. The van der Waals surface area contributed by atoms with E-state index in [9.17, 15) is 19.2 Å². The quantitative estimate of drug-likeness (QED) is 0.345. The molecular formula is C8H9NO5. The summed E-state index contributed by atoms with van der Waals surface area (Å²) in [5.74, 6) is -2.98. The van der Waals surface area contributed by atoms with Crippen molar-refractivity contribution in [2.45, 2.75) is 19.8 Å². The summed E-state index contributed by atoms with van der Waals surface area (Å²) in [4.78, 5) is 47.6. The van der Waals surface area contributed by atoms with Gasteiger partial charge >= 0.3 is 5.97 Å². The van der Waals surface area contributed by atoms with Crippen molar-refractivity contribution in [1.82, 2.24) is 5.06 Å². The monoisotopic (exact) mass is 199 g/mol. The lowest BCUT2D eigenvalue weighted by Crippen LogP contribution is -2.34. The molecule has 1 heterocycles. The number of hydrogen-bond acceptors (Lipinski definition) is 5. The number of carbonyl (C=O) groups excluding carboxylic acids is 4. The van der Waals surface area contributed by atoms with Gasteiger partial charge in [-0.25, -0.2) is 4.79 Å². The number of nitrogens with zero attached hydrogens (tertiary/aromatic N) is 1. The van der Waals surface area contributed by atoms with E-state index in [1.807, 2.05) is 0 Å². The van der Waals surface area contributed by atoms with Crippen molar-refractivity contribution in [3.05, 3.63) is 0 Å². The smallest absolute Gasteiger partial charge is 0.330 e. The van der Waals surface area contributed by atoms with Gasteiger partial charge in [0, 0.05) is 12.8 Å². The average molecular weight is 199 g/mol. The molecule has 0 aromatic heterocycles. The summed E-state index contributed by atoms with van der Waals surface area (Å²) < 4.78 is 0. The van der Waals surface area contributed by atoms with Crippen molar-refractivity contribution in [3.63, 3.8) is 0 Å². The Hall–Kier alpha value is -1.72. The topological polar surface area (TPSA) is 80.8 Å². The molecule has 2 amide bonds. The Morgan fingerprint density at radius 2 is 1.93 bits per heavy atom. The van der Waals surface area contributed by atoms with Crippen LogP contribution in [0.4, 0.5) is 0 Å². The van der Waals surface area contributed by atoms with Gasteiger partial charge in [-0.05, 0) is 6.92 Å². The van der Waals surface area contributed by atoms with Crippen LogP contribution in [0.3, 0.4) is 0 Å². The SMILES string of the molecule is CC(C=O)C(=O)ON1C(=O)CCC1=O. The zero-order chi connectivity index (χ0) is 10.7. The van der Waals surface area contributed by atoms with E-state index in [-0.39, 0.29) is 12.8 Å². The van der Waals surface area contributed by atoms with Crippen LogP contribution in [0.1, 0.15) is 19.8 Å². The van der Waals surface area contributed by atoms with Gasteiger partial charge in [-0.1, -0.05) is 0 Å². The zero-order valence-corrected chi connectivity index (χ0v) is 7.56. The minimum absolute atomic E-state index is 0.0432. The highest BCUT2D eigenvalue weighted by Gasteiger charge is 2.33. The van der Waals surface area contributed by atoms with Gasteiger partial charge < -0.3 is 9.63 Å². The molecule has 0 aromatic rings. The van der Waals surface area contributed by atoms with Crippen molar-refractivity contribution in [2.24, 2.45) is 5.92 Å². The second-order valence-electron chi connectivity index (χ2n) is 2.92. The highest BCUT2D eigenvalue weighted by molar-refractivity contribution is 6.02. The molecule has 1 unspecified atom stereocenters. The maximum Gasteiger partial charge on any atom is 0.343 e. The van der Waals surface area contributed by atoms with Crippen molar-refractivity contribution in [2.75, 3.05) is 0 Å². The van der Waals surface area contributed by atoms with Crippen LogP contribution < -0.4 is 0 Å². The Morgan fingerprint density at radius 1 is 1.43 bits per heavy atom. The molecule has 1 rings (SSSR count). The molecule has 1 atom stereocenters. The van der Waals surface area contributed by atoms with Crippen LogP contribution in [0.5, 0.6) is 0 Å². The second kappa shape index (κ2) is 3.99. The van der Waals surface area contributed by atoms with Gasteiger partial charge in [-0.15, -0.1) is 5.06 Å².